The number of aromatic nitrogens is 2. The summed E-state index contributed by atoms with van der Waals surface area (Å²) in [6, 6.07) is 14.4. The van der Waals surface area contributed by atoms with Crippen LogP contribution in [0.1, 0.15) is 13.8 Å². The van der Waals surface area contributed by atoms with Crippen LogP contribution in [0.15, 0.2) is 58.5 Å². The predicted molar refractivity (Wildman–Crippen MR) is 103 cm³/mol. The molecule has 1 aromatic heterocycles. The lowest BCUT2D eigenvalue weighted by Gasteiger charge is -2.17. The zero-order valence-electron chi connectivity index (χ0n) is 14.5. The average Bonchev–Trinajstić information content (AvgIpc) is 2.63. The largest absolute Gasteiger partial charge is 0.492 e. The van der Waals surface area contributed by atoms with Gasteiger partial charge < -0.3 is 10.5 Å². The van der Waals surface area contributed by atoms with Gasteiger partial charge in [0, 0.05) is 0 Å². The van der Waals surface area contributed by atoms with Crippen molar-refractivity contribution in [1.29, 1.82) is 0 Å². The Morgan fingerprint density at radius 2 is 1.92 bits per heavy atom. The highest BCUT2D eigenvalue weighted by atomic mass is 32.2. The van der Waals surface area contributed by atoms with E-state index >= 15 is 0 Å². The molecule has 6 nitrogen and oxygen atoms in total. The van der Waals surface area contributed by atoms with Crippen LogP contribution in [0, 0.1) is 0 Å². The third kappa shape index (κ3) is 3.43. The van der Waals surface area contributed by atoms with Crippen LogP contribution in [0.25, 0.3) is 16.6 Å². The van der Waals surface area contributed by atoms with Gasteiger partial charge in [-0.25, -0.2) is 4.98 Å². The van der Waals surface area contributed by atoms with Crippen molar-refractivity contribution in [3.63, 3.8) is 0 Å². The van der Waals surface area contributed by atoms with Gasteiger partial charge >= 0.3 is 0 Å². The number of hydrogen-bond acceptors (Lipinski definition) is 5. The van der Waals surface area contributed by atoms with E-state index in [2.05, 4.69) is 4.98 Å². The Morgan fingerprint density at radius 3 is 2.65 bits per heavy atom. The summed E-state index contributed by atoms with van der Waals surface area (Å²) >= 11 is 1.15. The molecular formula is C19H19N3O3S. The average molecular weight is 369 g/mol. The number of ether oxygens (including phenoxy) is 1. The van der Waals surface area contributed by atoms with Crippen molar-refractivity contribution in [2.75, 3.05) is 6.61 Å². The van der Waals surface area contributed by atoms with Crippen molar-refractivity contribution in [2.45, 2.75) is 24.3 Å². The minimum Gasteiger partial charge on any atom is -0.492 e. The zero-order valence-corrected chi connectivity index (χ0v) is 15.3. The molecule has 0 aliphatic rings. The minimum atomic E-state index is -0.534. The molecule has 7 heteroatoms. The number of fused-ring (bicyclic) bond motifs is 1. The fourth-order valence-electron chi connectivity index (χ4n) is 2.54. The highest BCUT2D eigenvalue weighted by Gasteiger charge is 2.20. The van der Waals surface area contributed by atoms with Crippen LogP contribution in [-0.4, -0.2) is 27.3 Å². The number of primary amides is 1. The highest BCUT2D eigenvalue weighted by Crippen LogP contribution is 2.29. The molecule has 3 aromatic rings. The summed E-state index contributed by atoms with van der Waals surface area (Å²) in [5, 5.41) is 0.357. The Morgan fingerprint density at radius 1 is 1.23 bits per heavy atom. The molecule has 0 unspecified atom stereocenters. The summed E-state index contributed by atoms with van der Waals surface area (Å²) in [4.78, 5) is 29.3. The van der Waals surface area contributed by atoms with Crippen molar-refractivity contribution in [1.82, 2.24) is 9.55 Å². The Labute approximate surface area is 155 Å². The number of carbonyl (C=O) groups is 1. The number of benzene rings is 2. The van der Waals surface area contributed by atoms with E-state index in [-0.39, 0.29) is 5.56 Å². The molecule has 0 aliphatic heterocycles. The Bertz CT molecular complexity index is 1020. The van der Waals surface area contributed by atoms with E-state index in [1.54, 1.807) is 37.3 Å². The standard InChI is InChI=1S/C19H19N3O3S/c1-3-25-16-11-7-6-10-15(16)22-18(24)13-8-4-5-9-14(13)21-19(22)26-12(2)17(20)23/h4-12H,3H2,1-2H3,(H2,20,23)/t12-/m0/s1. The van der Waals surface area contributed by atoms with Crippen LogP contribution in [0.2, 0.25) is 0 Å². The van der Waals surface area contributed by atoms with E-state index in [4.69, 9.17) is 10.5 Å². The van der Waals surface area contributed by atoms with E-state index in [9.17, 15) is 9.59 Å². The molecule has 0 saturated heterocycles. The number of nitrogens with zero attached hydrogens (tertiary/aromatic N) is 2. The van der Waals surface area contributed by atoms with Gasteiger partial charge in [0.25, 0.3) is 5.56 Å². The van der Waals surface area contributed by atoms with Gasteiger partial charge in [-0.1, -0.05) is 36.0 Å². The Hall–Kier alpha value is -2.80. The first-order valence-corrected chi connectivity index (χ1v) is 9.11. The number of para-hydroxylation sites is 3. The molecule has 1 heterocycles. The minimum absolute atomic E-state index is 0.220. The van der Waals surface area contributed by atoms with Gasteiger partial charge in [0.05, 0.1) is 28.4 Å². The van der Waals surface area contributed by atoms with Crippen LogP contribution < -0.4 is 16.0 Å². The first-order valence-electron chi connectivity index (χ1n) is 8.23. The summed E-state index contributed by atoms with van der Waals surface area (Å²) < 4.78 is 7.16. The van der Waals surface area contributed by atoms with Crippen LogP contribution >= 0.6 is 11.8 Å². The van der Waals surface area contributed by atoms with Crippen LogP contribution in [0.3, 0.4) is 0 Å². The monoisotopic (exact) mass is 369 g/mol. The van der Waals surface area contributed by atoms with Crippen molar-refractivity contribution in [3.8, 4) is 11.4 Å². The summed E-state index contributed by atoms with van der Waals surface area (Å²) in [6.07, 6.45) is 0. The fourth-order valence-corrected chi connectivity index (χ4v) is 3.41. The predicted octanol–water partition coefficient (Wildman–Crippen LogP) is 2.75. The maximum atomic E-state index is 13.2. The van der Waals surface area contributed by atoms with Gasteiger partial charge in [-0.15, -0.1) is 0 Å². The number of nitrogens with two attached hydrogens (primary N) is 1. The van der Waals surface area contributed by atoms with Gasteiger partial charge in [-0.05, 0) is 38.1 Å². The second kappa shape index (κ2) is 7.61. The molecule has 134 valence electrons. The molecule has 26 heavy (non-hydrogen) atoms. The number of thioether (sulfide) groups is 1. The molecule has 0 aliphatic carbocycles. The van der Waals surface area contributed by atoms with Crippen molar-refractivity contribution in [3.05, 3.63) is 58.9 Å². The van der Waals surface area contributed by atoms with E-state index in [1.807, 2.05) is 25.1 Å². The molecule has 0 bridgehead atoms. The van der Waals surface area contributed by atoms with Crippen LogP contribution in [0.4, 0.5) is 0 Å². The molecule has 3 rings (SSSR count). The smallest absolute Gasteiger partial charge is 0.266 e. The molecule has 0 spiro atoms. The number of rotatable bonds is 6. The molecule has 0 radical (unpaired) electrons. The molecular weight excluding hydrogens is 350 g/mol. The Kier molecular flexibility index (Phi) is 5.27. The zero-order chi connectivity index (χ0) is 18.7. The molecule has 2 aromatic carbocycles. The van der Waals surface area contributed by atoms with E-state index in [0.717, 1.165) is 11.8 Å². The summed E-state index contributed by atoms with van der Waals surface area (Å²) in [5.41, 5.74) is 6.33. The third-order valence-electron chi connectivity index (χ3n) is 3.83. The van der Waals surface area contributed by atoms with E-state index < -0.39 is 11.2 Å². The SMILES string of the molecule is CCOc1ccccc1-n1c(S[C@@H](C)C(N)=O)nc2ccccc2c1=O. The maximum absolute atomic E-state index is 13.2. The molecule has 1 atom stereocenters. The summed E-state index contributed by atoms with van der Waals surface area (Å²) in [7, 11) is 0. The van der Waals surface area contributed by atoms with Crippen molar-refractivity contribution in [2.24, 2.45) is 5.73 Å². The second-order valence-corrected chi connectivity index (χ2v) is 6.92. The lowest BCUT2D eigenvalue weighted by Crippen LogP contribution is -2.26. The maximum Gasteiger partial charge on any atom is 0.266 e. The fraction of sp³-hybridized carbons (Fsp3) is 0.211. The number of carbonyl (C=O) groups excluding carboxylic acids is 1. The lowest BCUT2D eigenvalue weighted by atomic mass is 10.2. The number of hydrogen-bond donors (Lipinski definition) is 1. The first-order chi connectivity index (χ1) is 12.5. The topological polar surface area (TPSA) is 87.2 Å². The van der Waals surface area contributed by atoms with Gasteiger partial charge in [0.15, 0.2) is 5.16 Å². The summed E-state index contributed by atoms with van der Waals surface area (Å²) in [6.45, 7) is 4.03. The quantitative estimate of drug-likeness (QED) is 0.533. The molecule has 0 fully saturated rings. The van der Waals surface area contributed by atoms with Gasteiger partial charge in [-0.2, -0.15) is 0 Å². The van der Waals surface area contributed by atoms with Gasteiger partial charge in [0.1, 0.15) is 5.75 Å². The molecule has 1 amide bonds. The number of amides is 1. The first kappa shape index (κ1) is 18.0. The van der Waals surface area contributed by atoms with Gasteiger partial charge in [0.2, 0.25) is 5.91 Å². The van der Waals surface area contributed by atoms with E-state index in [0.29, 0.717) is 34.1 Å². The molecule has 2 N–H and O–H groups in total. The van der Waals surface area contributed by atoms with Gasteiger partial charge in [-0.3, -0.25) is 14.2 Å². The van der Waals surface area contributed by atoms with Crippen molar-refractivity contribution < 1.29 is 9.53 Å². The normalized spacial score (nSPS) is 12.1. The van der Waals surface area contributed by atoms with Crippen LogP contribution in [0.5, 0.6) is 5.75 Å². The van der Waals surface area contributed by atoms with Crippen LogP contribution in [-0.2, 0) is 4.79 Å². The third-order valence-corrected chi connectivity index (χ3v) is 4.90. The highest BCUT2D eigenvalue weighted by molar-refractivity contribution is 8.00. The van der Waals surface area contributed by atoms with E-state index in [1.165, 1.54) is 4.57 Å². The summed E-state index contributed by atoms with van der Waals surface area (Å²) in [5.74, 6) is 0.102. The molecule has 0 saturated carbocycles. The second-order valence-electron chi connectivity index (χ2n) is 5.62. The lowest BCUT2D eigenvalue weighted by molar-refractivity contribution is -0.117. The van der Waals surface area contributed by atoms with Crippen molar-refractivity contribution >= 4 is 28.6 Å². The Balaban J connectivity index is 2.30.